The van der Waals surface area contributed by atoms with Gasteiger partial charge >= 0.3 is 23.9 Å². The van der Waals surface area contributed by atoms with Crippen LogP contribution in [0.3, 0.4) is 0 Å². The number of ether oxygens (including phenoxy) is 5. The average molecular weight is 537 g/mol. The Morgan fingerprint density at radius 2 is 1.49 bits per heavy atom. The highest BCUT2D eigenvalue weighted by Gasteiger charge is 2.53. The largest absolute Gasteiger partial charge is 0.507 e. The van der Waals surface area contributed by atoms with E-state index in [1.807, 2.05) is 0 Å². The zero-order valence-electron chi connectivity index (χ0n) is 20.2. The molecular formula is C24H24O12S. The predicted molar refractivity (Wildman–Crippen MR) is 124 cm³/mol. The van der Waals surface area contributed by atoms with E-state index >= 15 is 0 Å². The first-order valence-corrected chi connectivity index (χ1v) is 11.9. The van der Waals surface area contributed by atoms with Crippen molar-refractivity contribution in [2.24, 2.45) is 0 Å². The topological polar surface area (TPSA) is 169 Å². The number of hydrogen-bond donors (Lipinski definition) is 1. The van der Waals surface area contributed by atoms with E-state index in [1.54, 1.807) is 0 Å². The minimum atomic E-state index is -1.42. The summed E-state index contributed by atoms with van der Waals surface area (Å²) >= 11 is 0.673. The lowest BCUT2D eigenvalue weighted by Crippen LogP contribution is -2.61. The first-order chi connectivity index (χ1) is 17.4. The second-order valence-electron chi connectivity index (χ2n) is 8.09. The van der Waals surface area contributed by atoms with Crippen molar-refractivity contribution in [2.75, 3.05) is 6.61 Å². The van der Waals surface area contributed by atoms with Crippen LogP contribution in [0.5, 0.6) is 5.75 Å². The van der Waals surface area contributed by atoms with Gasteiger partial charge in [-0.15, -0.1) is 0 Å². The summed E-state index contributed by atoms with van der Waals surface area (Å²) < 4.78 is 27.0. The number of fused-ring (bicyclic) bond motifs is 1. The van der Waals surface area contributed by atoms with Crippen molar-refractivity contribution in [3.63, 3.8) is 0 Å². The lowest BCUT2D eigenvalue weighted by atomic mass is 9.94. The van der Waals surface area contributed by atoms with Gasteiger partial charge in [0.05, 0.1) is 10.5 Å². The molecule has 3 rings (SSSR count). The molecule has 1 aromatic rings. The summed E-state index contributed by atoms with van der Waals surface area (Å²) in [5.41, 5.74) is -1.49. The van der Waals surface area contributed by atoms with Crippen LogP contribution in [0, 0.1) is 0 Å². The molecule has 1 aliphatic heterocycles. The van der Waals surface area contributed by atoms with Crippen LogP contribution in [0.2, 0.25) is 0 Å². The normalized spacial score (nSPS) is 24.9. The van der Waals surface area contributed by atoms with Crippen molar-refractivity contribution >= 4 is 47.2 Å². The molecule has 1 heterocycles. The maximum atomic E-state index is 13.2. The van der Waals surface area contributed by atoms with E-state index < -0.39 is 77.7 Å². The molecule has 2 aliphatic rings. The van der Waals surface area contributed by atoms with E-state index in [4.69, 9.17) is 23.7 Å². The summed E-state index contributed by atoms with van der Waals surface area (Å²) in [5.74, 6) is -4.72. The van der Waals surface area contributed by atoms with Crippen molar-refractivity contribution in [1.29, 1.82) is 0 Å². The van der Waals surface area contributed by atoms with Crippen LogP contribution in [-0.2, 0) is 42.9 Å². The number of benzene rings is 1. The highest BCUT2D eigenvalue weighted by molar-refractivity contribution is 8.04. The Morgan fingerprint density at radius 3 is 2.08 bits per heavy atom. The lowest BCUT2D eigenvalue weighted by Gasteiger charge is -2.44. The molecule has 13 heteroatoms. The van der Waals surface area contributed by atoms with Crippen molar-refractivity contribution in [3.8, 4) is 5.75 Å². The summed E-state index contributed by atoms with van der Waals surface area (Å²) in [7, 11) is 0. The number of ketones is 2. The first-order valence-electron chi connectivity index (χ1n) is 11.0. The fourth-order valence-electron chi connectivity index (χ4n) is 3.87. The Morgan fingerprint density at radius 1 is 0.892 bits per heavy atom. The quantitative estimate of drug-likeness (QED) is 0.393. The van der Waals surface area contributed by atoms with Gasteiger partial charge in [0, 0.05) is 39.3 Å². The van der Waals surface area contributed by atoms with Gasteiger partial charge in [-0.2, -0.15) is 0 Å². The van der Waals surface area contributed by atoms with E-state index in [-0.39, 0.29) is 16.0 Å². The zero-order valence-corrected chi connectivity index (χ0v) is 21.1. The van der Waals surface area contributed by atoms with Gasteiger partial charge in [0.1, 0.15) is 23.9 Å². The number of thioether (sulfide) groups is 1. The number of carbonyl (C=O) groups is 6. The van der Waals surface area contributed by atoms with Crippen LogP contribution in [0.4, 0.5) is 0 Å². The van der Waals surface area contributed by atoms with E-state index in [0.29, 0.717) is 11.8 Å². The van der Waals surface area contributed by atoms with Gasteiger partial charge in [-0.25, -0.2) is 0 Å². The smallest absolute Gasteiger partial charge is 0.303 e. The Bertz CT molecular complexity index is 1170. The zero-order chi connectivity index (χ0) is 27.4. The maximum absolute atomic E-state index is 13.2. The number of carbonyl (C=O) groups excluding carboxylic acids is 6. The van der Waals surface area contributed by atoms with Crippen LogP contribution in [0.25, 0.3) is 0 Å². The third-order valence-electron chi connectivity index (χ3n) is 5.21. The third kappa shape index (κ3) is 6.54. The van der Waals surface area contributed by atoms with Gasteiger partial charge < -0.3 is 28.8 Å². The van der Waals surface area contributed by atoms with Crippen molar-refractivity contribution < 1.29 is 57.6 Å². The van der Waals surface area contributed by atoms with Crippen molar-refractivity contribution in [1.82, 2.24) is 0 Å². The Kier molecular flexibility index (Phi) is 8.71. The third-order valence-corrected chi connectivity index (χ3v) is 6.38. The summed E-state index contributed by atoms with van der Waals surface area (Å²) in [4.78, 5) is 72.8. The van der Waals surface area contributed by atoms with E-state index in [2.05, 4.69) is 0 Å². The minimum absolute atomic E-state index is 0.0101. The number of Topliss-reactive ketones (excluding diaryl/α,β-unsaturated/α-hetero) is 1. The van der Waals surface area contributed by atoms with E-state index in [1.165, 1.54) is 18.2 Å². The number of phenolic OH excluding ortho intramolecular Hbond substituents is 1. The monoisotopic (exact) mass is 536 g/mol. The molecule has 5 atom stereocenters. The number of hydrogen-bond acceptors (Lipinski definition) is 13. The first kappa shape index (κ1) is 27.9. The standard InChI is InChI=1S/C24H24O12S/c1-10(25)32-9-17-21(33-11(2)26)22(34-12(3)27)23(35-13(4)28)24(36-17)37-18-8-16(30)14-6-5-7-15(29)19(14)20(18)31/h5-8,17,21-24,29H,9H2,1-4H3/t17-,21+,22-,23+,24-/m0/s1. The number of aromatic hydroxyl groups is 1. The summed E-state index contributed by atoms with van der Waals surface area (Å²) in [6.45, 7) is 3.96. The van der Waals surface area contributed by atoms with Crippen LogP contribution < -0.4 is 0 Å². The summed E-state index contributed by atoms with van der Waals surface area (Å²) in [6.07, 6.45) is -4.36. The number of rotatable bonds is 7. The second kappa shape index (κ2) is 11.6. The lowest BCUT2D eigenvalue weighted by molar-refractivity contribution is -0.237. The molecule has 1 aliphatic carbocycles. The highest BCUT2D eigenvalue weighted by atomic mass is 32.2. The number of phenols is 1. The molecule has 0 spiro atoms. The molecule has 1 fully saturated rings. The molecule has 1 aromatic carbocycles. The predicted octanol–water partition coefficient (Wildman–Crippen LogP) is 1.47. The molecule has 1 saturated heterocycles. The molecule has 12 nitrogen and oxygen atoms in total. The molecule has 198 valence electrons. The van der Waals surface area contributed by atoms with E-state index in [0.717, 1.165) is 33.8 Å². The second-order valence-corrected chi connectivity index (χ2v) is 9.23. The molecule has 0 radical (unpaired) electrons. The van der Waals surface area contributed by atoms with Crippen molar-refractivity contribution in [3.05, 3.63) is 40.3 Å². The van der Waals surface area contributed by atoms with Gasteiger partial charge in [0.2, 0.25) is 5.78 Å². The molecule has 0 aromatic heterocycles. The van der Waals surface area contributed by atoms with E-state index in [9.17, 15) is 33.9 Å². The molecule has 0 saturated carbocycles. The van der Waals surface area contributed by atoms with Crippen LogP contribution in [0.15, 0.2) is 29.2 Å². The van der Waals surface area contributed by atoms with Gasteiger partial charge in [-0.1, -0.05) is 23.9 Å². The van der Waals surface area contributed by atoms with Gasteiger partial charge in [0.25, 0.3) is 0 Å². The highest BCUT2D eigenvalue weighted by Crippen LogP contribution is 2.41. The Hall–Kier alpha value is -3.71. The fraction of sp³-hybridized carbons (Fsp3) is 0.417. The number of esters is 4. The molecular weight excluding hydrogens is 512 g/mol. The Labute approximate surface area is 215 Å². The molecule has 0 unspecified atom stereocenters. The van der Waals surface area contributed by atoms with Crippen LogP contribution in [-0.4, -0.2) is 77.0 Å². The molecule has 0 amide bonds. The summed E-state index contributed by atoms with van der Waals surface area (Å²) in [6, 6.07) is 4.07. The molecule has 37 heavy (non-hydrogen) atoms. The molecule has 1 N–H and O–H groups in total. The average Bonchev–Trinajstić information content (AvgIpc) is 2.78. The van der Waals surface area contributed by atoms with Crippen LogP contribution in [0.1, 0.15) is 48.4 Å². The van der Waals surface area contributed by atoms with Crippen molar-refractivity contribution in [2.45, 2.75) is 57.5 Å². The maximum Gasteiger partial charge on any atom is 0.303 e. The molecule has 0 bridgehead atoms. The van der Waals surface area contributed by atoms with Gasteiger partial charge in [-0.3, -0.25) is 28.8 Å². The Balaban J connectivity index is 2.03. The fourth-order valence-corrected chi connectivity index (χ4v) is 5.04. The van der Waals surface area contributed by atoms with Crippen LogP contribution >= 0.6 is 11.8 Å². The number of allylic oxidation sites excluding steroid dienone is 2. The van der Waals surface area contributed by atoms with Gasteiger partial charge in [-0.05, 0) is 6.07 Å². The SMILES string of the molecule is CC(=O)OC[C@@H]1O[C@@H](SC2=CC(=O)c3cccc(O)c3C2=O)[C@H](OC(C)=O)[C@@H](OC(C)=O)[C@@H]1OC(C)=O. The van der Waals surface area contributed by atoms with Gasteiger partial charge in [0.15, 0.2) is 24.1 Å². The minimum Gasteiger partial charge on any atom is -0.507 e. The summed E-state index contributed by atoms with van der Waals surface area (Å²) in [5, 5.41) is 10.2.